The van der Waals surface area contributed by atoms with E-state index in [1.54, 1.807) is 48.9 Å². The highest BCUT2D eigenvalue weighted by Gasteiger charge is 2.32. The van der Waals surface area contributed by atoms with E-state index < -0.39 is 35.2 Å². The quantitative estimate of drug-likeness (QED) is 0.113. The van der Waals surface area contributed by atoms with E-state index in [4.69, 9.17) is 52.1 Å². The van der Waals surface area contributed by atoms with Gasteiger partial charge in [0.2, 0.25) is 0 Å². The maximum Gasteiger partial charge on any atom is 0.416 e. The van der Waals surface area contributed by atoms with Gasteiger partial charge in [0.25, 0.3) is 0 Å². The number of aromatic nitrogens is 9. The molecule has 0 aliphatic rings. The molecule has 352 valence electrons. The lowest BCUT2D eigenvalue weighted by Crippen LogP contribution is -2.05. The number of nitrogen functional groups attached to an aromatic ring is 1. The van der Waals surface area contributed by atoms with E-state index in [2.05, 4.69) is 56.2 Å². The van der Waals surface area contributed by atoms with E-state index in [1.165, 1.54) is 42.6 Å². The van der Waals surface area contributed by atoms with Gasteiger partial charge in [-0.3, -0.25) is 15.0 Å². The molecule has 68 heavy (non-hydrogen) atoms. The second-order valence-corrected chi connectivity index (χ2v) is 14.6. The minimum Gasteiger partial charge on any atom is -0.399 e. The first-order chi connectivity index (χ1) is 31.7. The first kappa shape index (κ1) is 52.0. The number of nitrogens with one attached hydrogen (secondary N) is 2. The summed E-state index contributed by atoms with van der Waals surface area (Å²) < 4.78 is 112. The summed E-state index contributed by atoms with van der Waals surface area (Å²) in [5.41, 5.74) is 4.40. The average Bonchev–Trinajstić information content (AvgIpc) is 3.30. The zero-order valence-corrected chi connectivity index (χ0v) is 36.2. The zero-order valence-electron chi connectivity index (χ0n) is 33.1. The van der Waals surface area contributed by atoms with E-state index in [-0.39, 0.29) is 46.4 Å². The van der Waals surface area contributed by atoms with Crippen molar-refractivity contribution in [2.75, 3.05) is 16.4 Å². The molecular weight excluding hydrogens is 997 g/mol. The number of hydrogen-bond acceptors (Lipinski definition) is 12. The third-order valence-corrected chi connectivity index (χ3v) is 9.69. The molecule has 0 fully saturated rings. The Labute approximate surface area is 398 Å². The molecule has 9 rings (SSSR count). The molecule has 0 spiro atoms. The van der Waals surface area contributed by atoms with Crippen molar-refractivity contribution in [1.29, 1.82) is 0 Å². The van der Waals surface area contributed by atoms with Crippen molar-refractivity contribution in [3.63, 3.8) is 0 Å². The van der Waals surface area contributed by atoms with Crippen LogP contribution >= 0.6 is 46.4 Å². The number of nitrogens with two attached hydrogens (primary N) is 1. The maximum atomic E-state index is 12.7. The van der Waals surface area contributed by atoms with Crippen LogP contribution in [-0.2, 0) is 18.5 Å². The summed E-state index contributed by atoms with van der Waals surface area (Å²) in [6, 6.07) is 22.7. The van der Waals surface area contributed by atoms with Gasteiger partial charge in [0.1, 0.15) is 11.0 Å². The molecule has 0 saturated heterocycles. The number of rotatable bonds is 4. The molecule has 12 nitrogen and oxygen atoms in total. The van der Waals surface area contributed by atoms with Crippen LogP contribution in [-0.4, -0.2) is 45.5 Å². The van der Waals surface area contributed by atoms with Crippen molar-refractivity contribution in [1.82, 2.24) is 45.5 Å². The molecule has 0 amide bonds. The number of nitrogens with zero attached hydrogens (tertiary/aromatic N) is 9. The summed E-state index contributed by atoms with van der Waals surface area (Å²) in [7, 11) is 0. The second-order valence-electron chi connectivity index (χ2n) is 13.2. The maximum absolute atomic E-state index is 12.7. The Bertz CT molecular complexity index is 2980. The summed E-state index contributed by atoms with van der Waals surface area (Å²) in [5.74, 6) is 0.520. The Morgan fingerprint density at radius 3 is 1.43 bits per heavy atom. The monoisotopic (exact) mass is 1020 g/mol. The summed E-state index contributed by atoms with van der Waals surface area (Å²) in [6.07, 6.45) is -6.79. The van der Waals surface area contributed by atoms with Gasteiger partial charge in [0, 0.05) is 63.4 Å². The fourth-order valence-corrected chi connectivity index (χ4v) is 6.33. The molecular formula is C43H29Cl4F9N12. The lowest BCUT2D eigenvalue weighted by molar-refractivity contribution is -0.138. The molecule has 0 atom stereocenters. The van der Waals surface area contributed by atoms with Crippen molar-refractivity contribution in [3.8, 4) is 0 Å². The van der Waals surface area contributed by atoms with Gasteiger partial charge in [0.05, 0.1) is 16.7 Å². The summed E-state index contributed by atoms with van der Waals surface area (Å²) in [6.45, 7) is 0. The van der Waals surface area contributed by atoms with E-state index in [0.717, 1.165) is 47.2 Å². The van der Waals surface area contributed by atoms with Gasteiger partial charge in [-0.05, 0) is 84.9 Å². The number of hydrogen-bond donors (Lipinski definition) is 3. The molecule has 25 heteroatoms. The van der Waals surface area contributed by atoms with Crippen molar-refractivity contribution in [2.45, 2.75) is 26.0 Å². The smallest absolute Gasteiger partial charge is 0.399 e. The van der Waals surface area contributed by atoms with Crippen LogP contribution in [0.25, 0.3) is 32.6 Å². The van der Waals surface area contributed by atoms with Crippen LogP contribution in [0, 0.1) is 0 Å². The second kappa shape index (κ2) is 22.2. The minimum atomic E-state index is -4.41. The number of benzene rings is 3. The lowest BCUT2D eigenvalue weighted by Gasteiger charge is -2.11. The minimum absolute atomic E-state index is 0. The number of pyridine rings is 3. The predicted molar refractivity (Wildman–Crippen MR) is 244 cm³/mol. The normalized spacial score (nSPS) is 11.2. The number of halogens is 13. The summed E-state index contributed by atoms with van der Waals surface area (Å²) >= 11 is 23.4. The van der Waals surface area contributed by atoms with Crippen LogP contribution in [0.3, 0.4) is 0 Å². The van der Waals surface area contributed by atoms with Crippen LogP contribution in [0.2, 0.25) is 20.6 Å². The molecule has 0 aliphatic heterocycles. The van der Waals surface area contributed by atoms with E-state index >= 15 is 0 Å². The first-order valence-electron chi connectivity index (χ1n) is 18.5. The van der Waals surface area contributed by atoms with Crippen LogP contribution in [0.15, 0.2) is 128 Å². The molecule has 0 bridgehead atoms. The third kappa shape index (κ3) is 13.6. The van der Waals surface area contributed by atoms with Crippen molar-refractivity contribution < 1.29 is 39.5 Å². The summed E-state index contributed by atoms with van der Waals surface area (Å²) in [4.78, 5) is 12.1. The molecule has 0 aliphatic carbocycles. The molecule has 4 N–H and O–H groups in total. The van der Waals surface area contributed by atoms with Gasteiger partial charge in [0.15, 0.2) is 32.2 Å². The highest BCUT2D eigenvalue weighted by Crippen LogP contribution is 2.35. The zero-order chi connectivity index (χ0) is 48.5. The number of alkyl halides is 9. The standard InChI is InChI=1S/2C14H8ClF3N4.C7H3Cl2N3.C7H6F3N.CH4/c15-12-11-10(5-2-6-19-11)13(22-21-12)20-9-4-1-3-8(7-9)14(16,17)18;15-12-10-5-2-6-19-11(10)13(22-21-12)20-9-4-1-3-8(7-9)14(16,17)18;8-6-4-1-2-10-3-5(4)7(9)12-11-6;8-7(9,10)5-2-1-3-6(11)4-5;/h2*1-7H,(H,20,22);1-3H;1-4H,11H2;1H4. The van der Waals surface area contributed by atoms with Gasteiger partial charge in [-0.1, -0.05) is 72.0 Å². The Balaban J connectivity index is 0.000000176. The first-order valence-corrected chi connectivity index (χ1v) is 20.0. The molecule has 3 aromatic carbocycles. The van der Waals surface area contributed by atoms with Crippen LogP contribution in [0.1, 0.15) is 24.1 Å². The van der Waals surface area contributed by atoms with Crippen molar-refractivity contribution in [2.24, 2.45) is 0 Å². The highest BCUT2D eigenvalue weighted by molar-refractivity contribution is 6.38. The topological polar surface area (TPSA) is 166 Å². The highest BCUT2D eigenvalue weighted by atomic mass is 35.5. The lowest BCUT2D eigenvalue weighted by atomic mass is 10.2. The molecule has 6 aromatic heterocycles. The largest absolute Gasteiger partial charge is 0.416 e. The molecule has 6 heterocycles. The van der Waals surface area contributed by atoms with E-state index in [0.29, 0.717) is 32.1 Å². The Morgan fingerprint density at radius 2 is 0.882 bits per heavy atom. The van der Waals surface area contributed by atoms with Gasteiger partial charge in [-0.2, -0.15) is 39.5 Å². The summed E-state index contributed by atoms with van der Waals surface area (Å²) in [5, 5.41) is 31.8. The van der Waals surface area contributed by atoms with Crippen LogP contribution in [0.4, 0.5) is 68.2 Å². The van der Waals surface area contributed by atoms with Gasteiger partial charge in [-0.25, -0.2) is 0 Å². The fraction of sp³-hybridized carbons (Fsp3) is 0.0930. The third-order valence-electron chi connectivity index (χ3n) is 8.60. The van der Waals surface area contributed by atoms with Gasteiger partial charge < -0.3 is 16.4 Å². The number of anilines is 5. The number of fused-ring (bicyclic) bond motifs is 3. The van der Waals surface area contributed by atoms with Crippen molar-refractivity contribution in [3.05, 3.63) is 165 Å². The predicted octanol–water partition coefficient (Wildman–Crippen LogP) is 14.1. The molecule has 0 saturated carbocycles. The van der Waals surface area contributed by atoms with Gasteiger partial charge >= 0.3 is 18.5 Å². The average molecular weight is 1030 g/mol. The molecule has 0 unspecified atom stereocenters. The Kier molecular flexibility index (Phi) is 17.0. The van der Waals surface area contributed by atoms with Crippen LogP contribution in [0.5, 0.6) is 0 Å². The molecule has 9 aromatic rings. The van der Waals surface area contributed by atoms with E-state index in [9.17, 15) is 39.5 Å². The Morgan fingerprint density at radius 1 is 0.426 bits per heavy atom. The Hall–Kier alpha value is -6.94. The SMILES string of the molecule is C.Clc1nnc(Cl)c2cnccc12.FC(F)(F)c1cccc(Nc2nnc(Cl)c3cccnc23)c1.FC(F)(F)c1cccc(Nc2nnc(Cl)c3ncccc23)c1.Nc1cccc(C(F)(F)F)c1. The molecule has 0 radical (unpaired) electrons. The van der Waals surface area contributed by atoms with Crippen molar-refractivity contribution >= 4 is 108 Å². The fourth-order valence-electron chi connectivity index (χ4n) is 5.56. The van der Waals surface area contributed by atoms with Crippen LogP contribution < -0.4 is 16.4 Å². The van der Waals surface area contributed by atoms with E-state index in [1.807, 2.05) is 0 Å². The van der Waals surface area contributed by atoms with Gasteiger partial charge in [-0.15, -0.1) is 30.6 Å².